The third kappa shape index (κ3) is 3.14. The molecule has 0 radical (unpaired) electrons. The lowest BCUT2D eigenvalue weighted by atomic mass is 9.73. The number of hydrogen-bond acceptors (Lipinski definition) is 2. The molecule has 3 nitrogen and oxygen atoms in total. The lowest BCUT2D eigenvalue weighted by Crippen LogP contribution is -2.43. The van der Waals surface area contributed by atoms with E-state index in [0.29, 0.717) is 36.3 Å². The van der Waals surface area contributed by atoms with Crippen LogP contribution in [0.2, 0.25) is 0 Å². The highest BCUT2D eigenvalue weighted by Crippen LogP contribution is 2.44. The molecule has 0 bridgehead atoms. The number of nitrogens with zero attached hydrogens (tertiary/aromatic N) is 1. The molecular formula is C21H27NO2. The SMILES string of the molecule is O=C1CCC[C@@H]2C=C[C@H](CCOCc3ccccc3)[C@H]3CCN1[C@@H]32. The summed E-state index contributed by atoms with van der Waals surface area (Å²) in [5.41, 5.74) is 1.23. The maximum atomic E-state index is 12.3. The van der Waals surface area contributed by atoms with Crippen molar-refractivity contribution in [3.8, 4) is 0 Å². The molecule has 3 aliphatic rings. The predicted molar refractivity (Wildman–Crippen MR) is 94.3 cm³/mol. The molecule has 4 atom stereocenters. The van der Waals surface area contributed by atoms with E-state index in [2.05, 4.69) is 41.3 Å². The van der Waals surface area contributed by atoms with Gasteiger partial charge in [-0.15, -0.1) is 0 Å². The Morgan fingerprint density at radius 1 is 1.12 bits per heavy atom. The molecule has 24 heavy (non-hydrogen) atoms. The van der Waals surface area contributed by atoms with Gasteiger partial charge in [0, 0.05) is 25.6 Å². The van der Waals surface area contributed by atoms with Gasteiger partial charge >= 0.3 is 0 Å². The number of benzene rings is 1. The van der Waals surface area contributed by atoms with E-state index >= 15 is 0 Å². The van der Waals surface area contributed by atoms with Gasteiger partial charge in [-0.2, -0.15) is 0 Å². The van der Waals surface area contributed by atoms with E-state index in [4.69, 9.17) is 4.74 Å². The van der Waals surface area contributed by atoms with Crippen molar-refractivity contribution in [2.24, 2.45) is 17.8 Å². The van der Waals surface area contributed by atoms with Gasteiger partial charge in [0.2, 0.25) is 5.91 Å². The average Bonchev–Trinajstić information content (AvgIpc) is 2.99. The van der Waals surface area contributed by atoms with E-state index in [1.54, 1.807) is 0 Å². The topological polar surface area (TPSA) is 29.5 Å². The zero-order valence-electron chi connectivity index (χ0n) is 14.3. The molecule has 0 spiro atoms. The maximum Gasteiger partial charge on any atom is 0.222 e. The quantitative estimate of drug-likeness (QED) is 0.609. The van der Waals surface area contributed by atoms with Crippen LogP contribution in [0.4, 0.5) is 0 Å². The molecule has 2 aliphatic heterocycles. The second-order valence-electron chi connectivity index (χ2n) is 7.46. The Hall–Kier alpha value is -1.61. The van der Waals surface area contributed by atoms with Crippen LogP contribution >= 0.6 is 0 Å². The molecule has 0 unspecified atom stereocenters. The summed E-state index contributed by atoms with van der Waals surface area (Å²) in [5.74, 6) is 2.19. The standard InChI is InChI=1S/C21H27NO2/c23-20-8-4-7-18-10-9-17(19-11-13-22(20)21(18)19)12-14-24-15-16-5-2-1-3-6-16/h1-3,5-6,9-10,17-19,21H,4,7-8,11-15H2/t17-,18-,19-,21-/m1/s1. The number of carbonyl (C=O) groups is 1. The summed E-state index contributed by atoms with van der Waals surface area (Å²) in [6.45, 7) is 2.46. The highest BCUT2D eigenvalue weighted by Gasteiger charge is 2.46. The summed E-state index contributed by atoms with van der Waals surface area (Å²) in [7, 11) is 0. The van der Waals surface area contributed by atoms with Crippen LogP contribution in [0.3, 0.4) is 0 Å². The monoisotopic (exact) mass is 325 g/mol. The largest absolute Gasteiger partial charge is 0.377 e. The van der Waals surface area contributed by atoms with E-state index in [9.17, 15) is 4.79 Å². The highest BCUT2D eigenvalue weighted by molar-refractivity contribution is 5.77. The fraction of sp³-hybridized carbons (Fsp3) is 0.571. The van der Waals surface area contributed by atoms with E-state index in [1.165, 1.54) is 18.4 Å². The highest BCUT2D eigenvalue weighted by atomic mass is 16.5. The van der Waals surface area contributed by atoms with Gasteiger partial charge in [0.15, 0.2) is 0 Å². The van der Waals surface area contributed by atoms with Crippen LogP contribution in [0.5, 0.6) is 0 Å². The maximum absolute atomic E-state index is 12.3. The first kappa shape index (κ1) is 15.9. The third-order valence-electron chi connectivity index (χ3n) is 6.05. The first-order valence-electron chi connectivity index (χ1n) is 9.42. The van der Waals surface area contributed by atoms with Crippen LogP contribution in [-0.2, 0) is 16.1 Å². The molecule has 2 fully saturated rings. The van der Waals surface area contributed by atoms with Crippen molar-refractivity contribution in [3.05, 3.63) is 48.0 Å². The Labute approximate surface area is 144 Å². The normalized spacial score (nSPS) is 31.8. The van der Waals surface area contributed by atoms with Crippen molar-refractivity contribution in [1.82, 2.24) is 4.90 Å². The fourth-order valence-electron chi connectivity index (χ4n) is 4.88. The molecule has 0 N–H and O–H groups in total. The molecule has 1 aromatic rings. The number of amides is 1. The summed E-state index contributed by atoms with van der Waals surface area (Å²) in [5, 5.41) is 0. The molecule has 4 rings (SSSR count). The van der Waals surface area contributed by atoms with Gasteiger partial charge in [-0.3, -0.25) is 4.79 Å². The Kier molecular flexibility index (Phi) is 4.70. The summed E-state index contributed by atoms with van der Waals surface area (Å²) in [6.07, 6.45) is 10.0. The van der Waals surface area contributed by atoms with Crippen LogP contribution < -0.4 is 0 Å². The first-order chi connectivity index (χ1) is 11.8. The number of hydrogen-bond donors (Lipinski definition) is 0. The summed E-state index contributed by atoms with van der Waals surface area (Å²) >= 11 is 0. The van der Waals surface area contributed by atoms with Gasteiger partial charge in [0.25, 0.3) is 0 Å². The van der Waals surface area contributed by atoms with Gasteiger partial charge in [-0.05, 0) is 49.0 Å². The smallest absolute Gasteiger partial charge is 0.222 e. The van der Waals surface area contributed by atoms with Crippen LogP contribution in [0.15, 0.2) is 42.5 Å². The lowest BCUT2D eigenvalue weighted by molar-refractivity contribution is -0.132. The van der Waals surface area contributed by atoms with Crippen molar-refractivity contribution in [3.63, 3.8) is 0 Å². The van der Waals surface area contributed by atoms with E-state index in [1.807, 2.05) is 6.07 Å². The van der Waals surface area contributed by atoms with Gasteiger partial charge in [-0.1, -0.05) is 42.5 Å². The van der Waals surface area contributed by atoms with Crippen molar-refractivity contribution < 1.29 is 9.53 Å². The second kappa shape index (κ2) is 7.10. The second-order valence-corrected chi connectivity index (χ2v) is 7.46. The molecule has 1 aliphatic carbocycles. The Balaban J connectivity index is 1.34. The van der Waals surface area contributed by atoms with Crippen molar-refractivity contribution >= 4 is 5.91 Å². The molecule has 1 aromatic carbocycles. The van der Waals surface area contributed by atoms with Crippen LogP contribution in [0.1, 0.15) is 37.7 Å². The summed E-state index contributed by atoms with van der Waals surface area (Å²) in [4.78, 5) is 14.5. The number of carbonyl (C=O) groups excluding carboxylic acids is 1. The molecule has 2 heterocycles. The van der Waals surface area contributed by atoms with Gasteiger partial charge in [0.1, 0.15) is 0 Å². The fourth-order valence-corrected chi connectivity index (χ4v) is 4.88. The Morgan fingerprint density at radius 3 is 2.88 bits per heavy atom. The molecule has 0 saturated carbocycles. The zero-order valence-corrected chi connectivity index (χ0v) is 14.3. The summed E-state index contributed by atoms with van der Waals surface area (Å²) < 4.78 is 5.90. The Morgan fingerprint density at radius 2 is 2.00 bits per heavy atom. The lowest BCUT2D eigenvalue weighted by Gasteiger charge is -2.38. The number of rotatable bonds is 5. The minimum atomic E-state index is 0.388. The zero-order chi connectivity index (χ0) is 16.4. The van der Waals surface area contributed by atoms with Crippen LogP contribution in [-0.4, -0.2) is 30.0 Å². The average molecular weight is 325 g/mol. The van der Waals surface area contributed by atoms with Gasteiger partial charge in [-0.25, -0.2) is 0 Å². The van der Waals surface area contributed by atoms with Gasteiger partial charge < -0.3 is 9.64 Å². The van der Waals surface area contributed by atoms with Gasteiger partial charge in [0.05, 0.1) is 6.61 Å². The molecule has 2 saturated heterocycles. The van der Waals surface area contributed by atoms with Crippen molar-refractivity contribution in [2.45, 2.75) is 44.8 Å². The molecule has 3 heteroatoms. The van der Waals surface area contributed by atoms with E-state index in [0.717, 1.165) is 32.4 Å². The minimum absolute atomic E-state index is 0.388. The van der Waals surface area contributed by atoms with E-state index in [-0.39, 0.29) is 0 Å². The van der Waals surface area contributed by atoms with Crippen LogP contribution in [0.25, 0.3) is 0 Å². The minimum Gasteiger partial charge on any atom is -0.377 e. The van der Waals surface area contributed by atoms with Crippen molar-refractivity contribution in [1.29, 1.82) is 0 Å². The molecular weight excluding hydrogens is 298 g/mol. The Bertz CT molecular complexity index is 597. The summed E-state index contributed by atoms with van der Waals surface area (Å²) in [6, 6.07) is 10.8. The molecule has 1 amide bonds. The van der Waals surface area contributed by atoms with E-state index < -0.39 is 0 Å². The molecule has 0 aromatic heterocycles. The van der Waals surface area contributed by atoms with Crippen molar-refractivity contribution in [2.75, 3.05) is 13.2 Å². The predicted octanol–water partition coefficient (Wildman–Crippen LogP) is 3.80. The van der Waals surface area contributed by atoms with Crippen LogP contribution in [0, 0.1) is 17.8 Å². The number of ether oxygens (including phenoxy) is 1. The first-order valence-corrected chi connectivity index (χ1v) is 9.42. The number of allylic oxidation sites excluding steroid dienone is 1. The third-order valence-corrected chi connectivity index (χ3v) is 6.05. The molecule has 128 valence electrons.